The molecule has 1 aliphatic heterocycles. The van der Waals surface area contributed by atoms with Gasteiger partial charge in [-0.15, -0.1) is 0 Å². The highest BCUT2D eigenvalue weighted by atomic mass is 15.2. The lowest BCUT2D eigenvalue weighted by Crippen LogP contribution is -2.53. The molecule has 12 rings (SSSR count). The smallest absolute Gasteiger partial charge is 0.332 e. The van der Waals surface area contributed by atoms with Crippen LogP contribution in [0.4, 0.5) is 34.1 Å². The van der Waals surface area contributed by atoms with Crippen molar-refractivity contribution in [2.24, 2.45) is 0 Å². The highest BCUT2D eigenvalue weighted by molar-refractivity contribution is 6.88. The van der Waals surface area contributed by atoms with Gasteiger partial charge in [-0.25, -0.2) is 0 Å². The third-order valence-electron chi connectivity index (χ3n) is 13.1. The van der Waals surface area contributed by atoms with Gasteiger partial charge in [-0.3, -0.25) is 0 Å². The van der Waals surface area contributed by atoms with E-state index in [1.165, 1.54) is 82.5 Å². The Morgan fingerprint density at radius 1 is 0.349 bits per heavy atom. The van der Waals surface area contributed by atoms with Gasteiger partial charge in [0.1, 0.15) is 0 Å². The van der Waals surface area contributed by atoms with E-state index in [1.807, 2.05) is 0 Å². The molecule has 2 aromatic heterocycles. The molecule has 0 aliphatic carbocycles. The zero-order chi connectivity index (χ0) is 42.3. The lowest BCUT2D eigenvalue weighted by Gasteiger charge is -2.31. The van der Waals surface area contributed by atoms with Gasteiger partial charge in [0.05, 0.1) is 11.0 Å². The van der Waals surface area contributed by atoms with Crippen molar-refractivity contribution in [1.29, 1.82) is 0 Å². The quantitative estimate of drug-likeness (QED) is 0.149. The van der Waals surface area contributed by atoms with Crippen LogP contribution in [0.1, 0.15) is 22.3 Å². The van der Waals surface area contributed by atoms with Crippen molar-refractivity contribution in [3.8, 4) is 5.69 Å². The van der Waals surface area contributed by atoms with Crippen molar-refractivity contribution in [2.45, 2.75) is 27.7 Å². The molecule has 11 aromatic rings. The first-order valence-electron chi connectivity index (χ1n) is 22.0. The van der Waals surface area contributed by atoms with E-state index in [2.05, 4.69) is 247 Å². The van der Waals surface area contributed by atoms with E-state index in [4.69, 9.17) is 0 Å². The summed E-state index contributed by atoms with van der Waals surface area (Å²) in [7, 11) is 0. The Bertz CT molecular complexity index is 3410. The number of para-hydroxylation sites is 5. The number of fused-ring (bicyclic) bond motifs is 8. The maximum Gasteiger partial charge on any atom is 0.332 e. The Hall–Kier alpha value is -7.76. The Kier molecular flexibility index (Phi) is 8.48. The van der Waals surface area contributed by atoms with Gasteiger partial charge in [-0.1, -0.05) is 114 Å². The fraction of sp³-hybridized carbons (Fsp3) is 0.0690. The van der Waals surface area contributed by atoms with E-state index in [9.17, 15) is 0 Å². The molecule has 1 aliphatic rings. The van der Waals surface area contributed by atoms with Gasteiger partial charge in [-0.2, -0.15) is 0 Å². The van der Waals surface area contributed by atoms with Gasteiger partial charge >= 0.3 is 6.85 Å². The highest BCUT2D eigenvalue weighted by Crippen LogP contribution is 2.44. The van der Waals surface area contributed by atoms with E-state index in [1.54, 1.807) is 0 Å². The molecule has 0 saturated heterocycles. The molecular weight excluding hydrogens is 763 g/mol. The zero-order valence-corrected chi connectivity index (χ0v) is 35.9. The van der Waals surface area contributed by atoms with Crippen LogP contribution < -0.4 is 20.7 Å². The first-order chi connectivity index (χ1) is 30.9. The second-order valence-corrected chi connectivity index (χ2v) is 17.3. The summed E-state index contributed by atoms with van der Waals surface area (Å²) < 4.78 is 5.24. The minimum absolute atomic E-state index is 0.124. The molecule has 0 spiro atoms. The van der Waals surface area contributed by atoms with Gasteiger partial charge in [-0.05, 0) is 147 Å². The van der Waals surface area contributed by atoms with E-state index in [-0.39, 0.29) is 6.85 Å². The molecule has 3 heterocycles. The van der Waals surface area contributed by atoms with Crippen LogP contribution in [0, 0.1) is 27.7 Å². The summed E-state index contributed by atoms with van der Waals surface area (Å²) in [6.45, 7) is 8.92. The Labute approximate surface area is 368 Å². The number of benzene rings is 9. The van der Waals surface area contributed by atoms with Crippen molar-refractivity contribution in [1.82, 2.24) is 9.05 Å². The SMILES string of the molecule is Cc1cc(C)c2c(c1)c1cc(C)cc(C)c1n2B1c2ccccc2-n2c3ccc(N(c4ccccc4)c4ccccc4)cc3c3cc(N(c4ccccc4)c4ccccc4)cc1c32. The monoisotopic (exact) mass is 808 g/mol. The number of aromatic nitrogens is 2. The maximum absolute atomic E-state index is 2.69. The van der Waals surface area contributed by atoms with Crippen molar-refractivity contribution >= 4 is 95.5 Å². The molecule has 300 valence electrons. The molecule has 4 nitrogen and oxygen atoms in total. The maximum atomic E-state index is 2.69. The van der Waals surface area contributed by atoms with Crippen LogP contribution in [-0.4, -0.2) is 15.9 Å². The fourth-order valence-corrected chi connectivity index (χ4v) is 10.8. The predicted octanol–water partition coefficient (Wildman–Crippen LogP) is 14.0. The van der Waals surface area contributed by atoms with Crippen LogP contribution >= 0.6 is 0 Å². The van der Waals surface area contributed by atoms with Crippen molar-refractivity contribution < 1.29 is 0 Å². The van der Waals surface area contributed by atoms with Crippen LogP contribution in [0.2, 0.25) is 0 Å². The third-order valence-corrected chi connectivity index (χ3v) is 13.1. The van der Waals surface area contributed by atoms with E-state index in [0.717, 1.165) is 34.1 Å². The third kappa shape index (κ3) is 5.77. The lowest BCUT2D eigenvalue weighted by molar-refractivity contribution is 1.17. The summed E-state index contributed by atoms with van der Waals surface area (Å²) in [4.78, 5) is 4.80. The minimum atomic E-state index is -0.124. The average molecular weight is 809 g/mol. The molecule has 0 amide bonds. The molecule has 0 saturated carbocycles. The van der Waals surface area contributed by atoms with Crippen molar-refractivity contribution in [3.63, 3.8) is 0 Å². The molecule has 0 fully saturated rings. The van der Waals surface area contributed by atoms with Crippen LogP contribution in [0.3, 0.4) is 0 Å². The molecule has 0 bridgehead atoms. The normalized spacial score (nSPS) is 12.1. The van der Waals surface area contributed by atoms with Gasteiger partial charge in [0.15, 0.2) is 0 Å². The van der Waals surface area contributed by atoms with Crippen LogP contribution in [-0.2, 0) is 0 Å². The van der Waals surface area contributed by atoms with Crippen molar-refractivity contribution in [2.75, 3.05) is 9.80 Å². The number of rotatable bonds is 7. The summed E-state index contributed by atoms with van der Waals surface area (Å²) >= 11 is 0. The number of anilines is 6. The van der Waals surface area contributed by atoms with Crippen LogP contribution in [0.5, 0.6) is 0 Å². The molecule has 0 atom stereocenters. The second-order valence-electron chi connectivity index (χ2n) is 17.3. The topological polar surface area (TPSA) is 16.3 Å². The Balaban J connectivity index is 1.24. The number of hydrogen-bond acceptors (Lipinski definition) is 2. The molecule has 5 heteroatoms. The van der Waals surface area contributed by atoms with Gasteiger partial charge < -0.3 is 18.8 Å². The Morgan fingerprint density at radius 3 is 1.32 bits per heavy atom. The van der Waals surface area contributed by atoms with E-state index < -0.39 is 0 Å². The highest BCUT2D eigenvalue weighted by Gasteiger charge is 2.38. The van der Waals surface area contributed by atoms with Gasteiger partial charge in [0, 0.05) is 72.4 Å². The Morgan fingerprint density at radius 2 is 0.794 bits per heavy atom. The second kappa shape index (κ2) is 14.4. The number of nitrogens with zero attached hydrogens (tertiary/aromatic N) is 4. The first kappa shape index (κ1) is 37.0. The standard InChI is InChI=1S/C58H45BN4/c1-38-31-40(3)56-49(33-38)50-34-39(2)32-41(4)57(50)63(56)59-52-27-17-18-28-55(52)62-54-30-29-46(60(42-19-9-5-10-20-42)43-21-11-6-12-22-43)35-48(54)51-36-47(37-53(59)58(51)62)61(44-23-13-7-14-24-44)45-25-15-8-16-26-45/h5-37H,1-4H3. The first-order valence-corrected chi connectivity index (χ1v) is 22.0. The molecule has 9 aromatic carbocycles. The number of hydrogen-bond donors (Lipinski definition) is 0. The molecular formula is C58H45BN4. The van der Waals surface area contributed by atoms with Crippen molar-refractivity contribution in [3.05, 3.63) is 222 Å². The van der Waals surface area contributed by atoms with Crippen LogP contribution in [0.15, 0.2) is 200 Å². The average Bonchev–Trinajstić information content (AvgIpc) is 3.81. The fourth-order valence-electron chi connectivity index (χ4n) is 10.8. The predicted molar refractivity (Wildman–Crippen MR) is 269 cm³/mol. The van der Waals surface area contributed by atoms with Gasteiger partial charge in [0.25, 0.3) is 0 Å². The summed E-state index contributed by atoms with van der Waals surface area (Å²) in [6, 6.07) is 73.7. The van der Waals surface area contributed by atoms with Crippen LogP contribution in [0.25, 0.3) is 49.3 Å². The largest absolute Gasteiger partial charge is 0.375 e. The summed E-state index contributed by atoms with van der Waals surface area (Å²) in [5, 5.41) is 5.05. The lowest BCUT2D eigenvalue weighted by atomic mass is 9.48. The summed E-state index contributed by atoms with van der Waals surface area (Å²) in [5.41, 5.74) is 20.6. The summed E-state index contributed by atoms with van der Waals surface area (Å²) in [6.07, 6.45) is 0. The number of aryl methyl sites for hydroxylation is 4. The van der Waals surface area contributed by atoms with Gasteiger partial charge in [0.2, 0.25) is 0 Å². The minimum Gasteiger partial charge on any atom is -0.375 e. The molecule has 0 N–H and O–H groups in total. The summed E-state index contributed by atoms with van der Waals surface area (Å²) in [5.74, 6) is 0. The molecule has 0 radical (unpaired) electrons. The molecule has 63 heavy (non-hydrogen) atoms. The molecule has 0 unspecified atom stereocenters. The van der Waals surface area contributed by atoms with E-state index in [0.29, 0.717) is 0 Å². The zero-order valence-electron chi connectivity index (χ0n) is 35.9. The van der Waals surface area contributed by atoms with E-state index >= 15 is 0 Å².